The molecule has 2 saturated heterocycles. The van der Waals surface area contributed by atoms with Crippen molar-refractivity contribution in [3.63, 3.8) is 0 Å². The van der Waals surface area contributed by atoms with Gasteiger partial charge in [0.15, 0.2) is 11.5 Å². The molecule has 1 N–H and O–H groups in total. The summed E-state index contributed by atoms with van der Waals surface area (Å²) in [6, 6.07) is 12.0. The van der Waals surface area contributed by atoms with E-state index in [1.807, 2.05) is 43.0 Å². The Hall–Kier alpha value is -3.06. The minimum absolute atomic E-state index is 0.00978. The molecule has 35 heavy (non-hydrogen) atoms. The van der Waals surface area contributed by atoms with Crippen molar-refractivity contribution in [3.8, 4) is 11.5 Å². The maximum atomic E-state index is 13.3. The van der Waals surface area contributed by atoms with Crippen LogP contribution in [-0.2, 0) is 14.9 Å². The molecular weight excluding hydrogens is 444 g/mol. The Morgan fingerprint density at radius 2 is 1.77 bits per heavy atom. The molecule has 186 valence electrons. The number of nitrogens with one attached hydrogen (secondary N) is 1. The van der Waals surface area contributed by atoms with Gasteiger partial charge in [-0.05, 0) is 69.4 Å². The molecule has 0 saturated carbocycles. The van der Waals surface area contributed by atoms with Crippen LogP contribution in [0.25, 0.3) is 0 Å². The van der Waals surface area contributed by atoms with Gasteiger partial charge in [0.05, 0.1) is 5.92 Å². The van der Waals surface area contributed by atoms with Crippen molar-refractivity contribution in [2.45, 2.75) is 44.9 Å². The van der Waals surface area contributed by atoms with Crippen molar-refractivity contribution in [3.05, 3.63) is 58.7 Å². The standard InChI is InChI=1S/C28H34N2O5/c1-19-12-20(2)14-22(13-19)27(32)30-9-3-4-21(16-30)26(31)29-17-28(7-10-33-11-8-28)23-5-6-24-25(15-23)35-18-34-24/h5-6,12-15,21H,3-4,7-11,16-18H2,1-2H3,(H,29,31). The quantitative estimate of drug-likeness (QED) is 0.708. The lowest BCUT2D eigenvalue weighted by Crippen LogP contribution is -2.49. The van der Waals surface area contributed by atoms with E-state index >= 15 is 0 Å². The van der Waals surface area contributed by atoms with E-state index in [0.29, 0.717) is 38.4 Å². The average molecular weight is 479 g/mol. The van der Waals surface area contributed by atoms with Crippen LogP contribution in [0.2, 0.25) is 0 Å². The van der Waals surface area contributed by atoms with Crippen LogP contribution in [-0.4, -0.2) is 56.4 Å². The van der Waals surface area contributed by atoms with Gasteiger partial charge in [-0.1, -0.05) is 23.3 Å². The van der Waals surface area contributed by atoms with Crippen molar-refractivity contribution in [1.29, 1.82) is 0 Å². The second-order valence-corrected chi connectivity index (χ2v) is 10.1. The van der Waals surface area contributed by atoms with Gasteiger partial charge in [0.2, 0.25) is 12.7 Å². The third-order valence-corrected chi connectivity index (χ3v) is 7.58. The van der Waals surface area contributed by atoms with Gasteiger partial charge in [-0.2, -0.15) is 0 Å². The number of amides is 2. The van der Waals surface area contributed by atoms with Crippen LogP contribution >= 0.6 is 0 Å². The number of benzene rings is 2. The normalized spacial score (nSPS) is 21.0. The van der Waals surface area contributed by atoms with Crippen LogP contribution in [0.1, 0.15) is 52.7 Å². The maximum Gasteiger partial charge on any atom is 0.253 e. The zero-order chi connectivity index (χ0) is 24.4. The van der Waals surface area contributed by atoms with Gasteiger partial charge in [0.1, 0.15) is 0 Å². The number of nitrogens with zero attached hydrogens (tertiary/aromatic N) is 1. The summed E-state index contributed by atoms with van der Waals surface area (Å²) in [7, 11) is 0. The Morgan fingerprint density at radius 1 is 1.03 bits per heavy atom. The van der Waals surface area contributed by atoms with Crippen LogP contribution in [0, 0.1) is 19.8 Å². The number of likely N-dealkylation sites (tertiary alicyclic amines) is 1. The fraction of sp³-hybridized carbons (Fsp3) is 0.500. The van der Waals surface area contributed by atoms with Gasteiger partial charge in [0, 0.05) is 43.8 Å². The molecule has 2 aromatic carbocycles. The van der Waals surface area contributed by atoms with Gasteiger partial charge in [0.25, 0.3) is 5.91 Å². The molecule has 2 amide bonds. The summed E-state index contributed by atoms with van der Waals surface area (Å²) in [4.78, 5) is 28.3. The molecule has 0 aliphatic carbocycles. The molecule has 0 bridgehead atoms. The van der Waals surface area contributed by atoms with Gasteiger partial charge in [-0.15, -0.1) is 0 Å². The summed E-state index contributed by atoms with van der Waals surface area (Å²) in [6.45, 7) is 7.25. The maximum absolute atomic E-state index is 13.3. The molecule has 3 heterocycles. The van der Waals surface area contributed by atoms with E-state index in [1.54, 1.807) is 0 Å². The number of fused-ring (bicyclic) bond motifs is 1. The van der Waals surface area contributed by atoms with Crippen LogP contribution < -0.4 is 14.8 Å². The van der Waals surface area contributed by atoms with Crippen molar-refractivity contribution >= 4 is 11.8 Å². The lowest BCUT2D eigenvalue weighted by atomic mass is 9.74. The summed E-state index contributed by atoms with van der Waals surface area (Å²) >= 11 is 0. The highest BCUT2D eigenvalue weighted by molar-refractivity contribution is 5.95. The number of rotatable bonds is 5. The topological polar surface area (TPSA) is 77.1 Å². The Bertz CT molecular complexity index is 1090. The van der Waals surface area contributed by atoms with Crippen molar-refractivity contribution in [1.82, 2.24) is 10.2 Å². The first-order chi connectivity index (χ1) is 16.9. The predicted octanol–water partition coefficient (Wildman–Crippen LogP) is 3.75. The largest absolute Gasteiger partial charge is 0.454 e. The van der Waals surface area contributed by atoms with Crippen molar-refractivity contribution in [2.24, 2.45) is 5.92 Å². The molecule has 0 aromatic heterocycles. The molecule has 0 spiro atoms. The second kappa shape index (κ2) is 9.90. The molecule has 7 heteroatoms. The predicted molar refractivity (Wildman–Crippen MR) is 132 cm³/mol. The number of piperidine rings is 1. The Labute approximate surface area is 206 Å². The first kappa shape index (κ1) is 23.7. The molecule has 1 atom stereocenters. The van der Waals surface area contributed by atoms with E-state index in [9.17, 15) is 9.59 Å². The zero-order valence-electron chi connectivity index (χ0n) is 20.6. The number of aryl methyl sites for hydroxylation is 2. The summed E-state index contributed by atoms with van der Waals surface area (Å²) in [5, 5.41) is 3.24. The van der Waals surface area contributed by atoms with Gasteiger partial charge >= 0.3 is 0 Å². The summed E-state index contributed by atoms with van der Waals surface area (Å²) in [6.07, 6.45) is 3.28. The molecule has 2 aromatic rings. The molecular formula is C28H34N2O5. The molecule has 7 nitrogen and oxygen atoms in total. The van der Waals surface area contributed by atoms with Gasteiger partial charge in [-0.3, -0.25) is 9.59 Å². The van der Waals surface area contributed by atoms with E-state index in [0.717, 1.165) is 53.9 Å². The Morgan fingerprint density at radius 3 is 2.54 bits per heavy atom. The third kappa shape index (κ3) is 5.01. The fourth-order valence-corrected chi connectivity index (χ4v) is 5.61. The average Bonchev–Trinajstić information content (AvgIpc) is 3.35. The number of carbonyl (C=O) groups is 2. The van der Waals surface area contributed by atoms with Crippen LogP contribution in [0.5, 0.6) is 11.5 Å². The van der Waals surface area contributed by atoms with Gasteiger partial charge < -0.3 is 24.4 Å². The van der Waals surface area contributed by atoms with Gasteiger partial charge in [-0.25, -0.2) is 0 Å². The highest BCUT2D eigenvalue weighted by Crippen LogP contribution is 2.40. The van der Waals surface area contributed by atoms with E-state index < -0.39 is 0 Å². The summed E-state index contributed by atoms with van der Waals surface area (Å²) < 4.78 is 16.7. The lowest BCUT2D eigenvalue weighted by molar-refractivity contribution is -0.126. The van der Waals surface area contributed by atoms with Crippen LogP contribution in [0.15, 0.2) is 36.4 Å². The number of carbonyl (C=O) groups excluding carboxylic acids is 2. The second-order valence-electron chi connectivity index (χ2n) is 10.1. The monoisotopic (exact) mass is 478 g/mol. The smallest absolute Gasteiger partial charge is 0.253 e. The molecule has 0 radical (unpaired) electrons. The number of hydrogen-bond acceptors (Lipinski definition) is 5. The fourth-order valence-electron chi connectivity index (χ4n) is 5.61. The highest BCUT2D eigenvalue weighted by Gasteiger charge is 2.37. The Balaban J connectivity index is 1.26. The van der Waals surface area contributed by atoms with Crippen LogP contribution in [0.4, 0.5) is 0 Å². The first-order valence-corrected chi connectivity index (χ1v) is 12.6. The molecule has 2 fully saturated rings. The first-order valence-electron chi connectivity index (χ1n) is 12.6. The number of hydrogen-bond donors (Lipinski definition) is 1. The molecule has 3 aliphatic rings. The summed E-state index contributed by atoms with van der Waals surface area (Å²) in [5.74, 6) is 1.35. The van der Waals surface area contributed by atoms with E-state index in [4.69, 9.17) is 14.2 Å². The SMILES string of the molecule is Cc1cc(C)cc(C(=O)N2CCCC(C(=O)NCC3(c4ccc5c(c4)OCO5)CCOCC3)C2)c1. The lowest BCUT2D eigenvalue weighted by Gasteiger charge is -2.39. The molecule has 3 aliphatic heterocycles. The summed E-state index contributed by atoms with van der Waals surface area (Å²) in [5.41, 5.74) is 3.78. The number of ether oxygens (including phenoxy) is 3. The van der Waals surface area contributed by atoms with Crippen molar-refractivity contribution < 1.29 is 23.8 Å². The van der Waals surface area contributed by atoms with Crippen molar-refractivity contribution in [2.75, 3.05) is 39.6 Å². The minimum Gasteiger partial charge on any atom is -0.454 e. The Kier molecular flexibility index (Phi) is 6.69. The van der Waals surface area contributed by atoms with E-state index in [1.165, 1.54) is 0 Å². The zero-order valence-corrected chi connectivity index (χ0v) is 20.6. The molecule has 1 unspecified atom stereocenters. The molecule has 5 rings (SSSR count). The van der Waals surface area contributed by atoms with E-state index in [-0.39, 0.29) is 29.9 Å². The third-order valence-electron chi connectivity index (χ3n) is 7.58. The highest BCUT2D eigenvalue weighted by atomic mass is 16.7. The van der Waals surface area contributed by atoms with Crippen LogP contribution in [0.3, 0.4) is 0 Å². The minimum atomic E-state index is -0.210. The van der Waals surface area contributed by atoms with E-state index in [2.05, 4.69) is 17.4 Å².